The number of carbonyl (C=O) groups excluding carboxylic acids is 2. The molecule has 0 saturated heterocycles. The number of hydrogen-bond donors (Lipinski definition) is 0. The lowest BCUT2D eigenvalue weighted by Crippen LogP contribution is -2.38. The molecule has 1 atom stereocenters. The summed E-state index contributed by atoms with van der Waals surface area (Å²) in [6.07, 6.45) is 1.44. The number of halogens is 3. The maximum atomic E-state index is 12.5. The summed E-state index contributed by atoms with van der Waals surface area (Å²) in [6, 6.07) is 7.69. The molecule has 2 aromatic rings. The van der Waals surface area contributed by atoms with Crippen molar-refractivity contribution in [1.29, 1.82) is 0 Å². The molecule has 1 heterocycles. The Morgan fingerprint density at radius 3 is 2.45 bits per heavy atom. The van der Waals surface area contributed by atoms with Gasteiger partial charge in [0.25, 0.3) is 0 Å². The van der Waals surface area contributed by atoms with E-state index in [1.807, 2.05) is 0 Å². The van der Waals surface area contributed by atoms with Crippen molar-refractivity contribution in [2.75, 3.05) is 0 Å². The van der Waals surface area contributed by atoms with Crippen molar-refractivity contribution in [2.24, 2.45) is 4.99 Å². The second-order valence-electron chi connectivity index (χ2n) is 4.58. The molecule has 22 heavy (non-hydrogen) atoms. The van der Waals surface area contributed by atoms with Crippen molar-refractivity contribution >= 4 is 57.8 Å². The zero-order chi connectivity index (χ0) is 15.9. The van der Waals surface area contributed by atoms with Gasteiger partial charge >= 0.3 is 0 Å². The smallest absolute Gasteiger partial charge is 0.211 e. The summed E-state index contributed by atoms with van der Waals surface area (Å²) in [4.78, 5) is 32.8. The lowest BCUT2D eigenvalue weighted by Gasteiger charge is -2.18. The minimum absolute atomic E-state index is 0.0644. The van der Waals surface area contributed by atoms with E-state index >= 15 is 0 Å². The van der Waals surface area contributed by atoms with E-state index in [-0.39, 0.29) is 17.0 Å². The molecule has 0 saturated carbocycles. The Labute approximate surface area is 140 Å². The molecule has 7 heteroatoms. The minimum atomic E-state index is -1.19. The van der Waals surface area contributed by atoms with Crippen molar-refractivity contribution in [3.63, 3.8) is 0 Å². The van der Waals surface area contributed by atoms with Gasteiger partial charge < -0.3 is 0 Å². The number of alkyl halides is 1. The van der Waals surface area contributed by atoms with Crippen LogP contribution in [-0.4, -0.2) is 27.6 Å². The van der Waals surface area contributed by atoms with E-state index in [9.17, 15) is 9.59 Å². The summed E-state index contributed by atoms with van der Waals surface area (Å²) >= 11 is 17.9. The number of nitrogens with zero attached hydrogens (tertiary/aromatic N) is 2. The van der Waals surface area contributed by atoms with Crippen LogP contribution < -0.4 is 0 Å². The third kappa shape index (κ3) is 2.65. The Balaban J connectivity index is 2.13. The number of ketones is 2. The van der Waals surface area contributed by atoms with Gasteiger partial charge in [0.15, 0.2) is 0 Å². The van der Waals surface area contributed by atoms with Crippen LogP contribution in [0.25, 0.3) is 0 Å². The van der Waals surface area contributed by atoms with Crippen molar-refractivity contribution in [1.82, 2.24) is 4.98 Å². The van der Waals surface area contributed by atoms with Crippen molar-refractivity contribution in [3.8, 4) is 0 Å². The first-order chi connectivity index (χ1) is 10.5. The predicted molar refractivity (Wildman–Crippen MR) is 86.1 cm³/mol. The highest BCUT2D eigenvalue weighted by Gasteiger charge is 2.38. The van der Waals surface area contributed by atoms with Crippen molar-refractivity contribution < 1.29 is 9.59 Å². The molecule has 4 nitrogen and oxygen atoms in total. The van der Waals surface area contributed by atoms with Gasteiger partial charge in [-0.3, -0.25) is 14.6 Å². The number of pyridine rings is 1. The number of hydrogen-bond acceptors (Lipinski definition) is 4. The van der Waals surface area contributed by atoms with Crippen LogP contribution in [-0.2, 0) is 0 Å². The summed E-state index contributed by atoms with van der Waals surface area (Å²) in [5.74, 6) is -0.887. The molecule has 0 amide bonds. The van der Waals surface area contributed by atoms with Gasteiger partial charge in [-0.2, -0.15) is 0 Å². The van der Waals surface area contributed by atoms with Gasteiger partial charge in [-0.1, -0.05) is 23.2 Å². The molecular formula is C15H7Cl3N2O2. The van der Waals surface area contributed by atoms with Crippen LogP contribution in [0.1, 0.15) is 20.8 Å². The van der Waals surface area contributed by atoms with E-state index in [4.69, 9.17) is 34.8 Å². The Kier molecular flexibility index (Phi) is 4.00. The van der Waals surface area contributed by atoms with Crippen molar-refractivity contribution in [2.45, 2.75) is 5.38 Å². The van der Waals surface area contributed by atoms with Crippen LogP contribution in [0.4, 0.5) is 5.69 Å². The van der Waals surface area contributed by atoms with E-state index in [1.54, 1.807) is 6.07 Å². The lowest BCUT2D eigenvalue weighted by atomic mass is 9.91. The fourth-order valence-electron chi connectivity index (χ4n) is 2.13. The molecule has 0 spiro atoms. The molecule has 1 aliphatic carbocycles. The Hall–Kier alpha value is -1.75. The summed E-state index contributed by atoms with van der Waals surface area (Å²) in [6.45, 7) is 0. The van der Waals surface area contributed by atoms with Crippen LogP contribution in [0.3, 0.4) is 0 Å². The van der Waals surface area contributed by atoms with Crippen LogP contribution >= 0.6 is 34.8 Å². The Morgan fingerprint density at radius 2 is 1.77 bits per heavy atom. The van der Waals surface area contributed by atoms with Crippen LogP contribution in [0, 0.1) is 0 Å². The van der Waals surface area contributed by atoms with Gasteiger partial charge in [0.1, 0.15) is 16.8 Å². The molecule has 1 aliphatic rings. The average molecular weight is 354 g/mol. The molecule has 1 aromatic heterocycles. The monoisotopic (exact) mass is 352 g/mol. The van der Waals surface area contributed by atoms with Gasteiger partial charge in [0.05, 0.1) is 11.3 Å². The molecular weight excluding hydrogens is 347 g/mol. The molecule has 0 fully saturated rings. The third-order valence-electron chi connectivity index (χ3n) is 3.09. The minimum Gasteiger partial charge on any atom is -0.290 e. The molecule has 0 N–H and O–H groups in total. The van der Waals surface area contributed by atoms with E-state index in [0.29, 0.717) is 15.7 Å². The second kappa shape index (κ2) is 5.80. The number of aromatic nitrogens is 1. The predicted octanol–water partition coefficient (Wildman–Crippen LogP) is 4.15. The Morgan fingerprint density at radius 1 is 1.09 bits per heavy atom. The molecule has 1 aromatic carbocycles. The van der Waals surface area contributed by atoms with Gasteiger partial charge in [0, 0.05) is 16.2 Å². The van der Waals surface area contributed by atoms with Crippen LogP contribution in [0.2, 0.25) is 10.0 Å². The summed E-state index contributed by atoms with van der Waals surface area (Å²) < 4.78 is 0. The highest BCUT2D eigenvalue weighted by molar-refractivity contribution is 6.64. The highest BCUT2D eigenvalue weighted by atomic mass is 35.5. The van der Waals surface area contributed by atoms with Gasteiger partial charge in [0.2, 0.25) is 11.6 Å². The van der Waals surface area contributed by atoms with E-state index < -0.39 is 16.9 Å². The highest BCUT2D eigenvalue weighted by Crippen LogP contribution is 2.28. The average Bonchev–Trinajstić information content (AvgIpc) is 2.48. The first kappa shape index (κ1) is 15.2. The topological polar surface area (TPSA) is 59.4 Å². The van der Waals surface area contributed by atoms with Gasteiger partial charge in [-0.25, -0.2) is 4.99 Å². The maximum Gasteiger partial charge on any atom is 0.211 e. The maximum absolute atomic E-state index is 12.5. The fourth-order valence-corrected chi connectivity index (χ4v) is 2.90. The molecule has 0 radical (unpaired) electrons. The SMILES string of the molecule is O=C1C(=Nc2cc(Cl)cc(Cl)c2)C(Cl)C(=O)c2ncccc21. The second-order valence-corrected chi connectivity index (χ2v) is 5.89. The number of Topliss-reactive ketones (excluding diaryl/α,β-unsaturated/α-hetero) is 2. The zero-order valence-corrected chi connectivity index (χ0v) is 13.2. The fraction of sp³-hybridized carbons (Fsp3) is 0.0667. The molecule has 1 unspecified atom stereocenters. The summed E-state index contributed by atoms with van der Waals surface area (Å²) in [7, 11) is 0. The van der Waals surface area contributed by atoms with Crippen LogP contribution in [0.15, 0.2) is 41.5 Å². The quantitative estimate of drug-likeness (QED) is 0.724. The standard InChI is InChI=1S/C15H7Cl3N2O2/c16-7-4-8(17)6-9(5-7)20-13-11(18)15(22)12-10(14(13)21)2-1-3-19-12/h1-6,11H. The number of rotatable bonds is 1. The number of fused-ring (bicyclic) bond motifs is 1. The first-order valence-electron chi connectivity index (χ1n) is 6.20. The molecule has 0 aliphatic heterocycles. The summed E-state index contributed by atoms with van der Waals surface area (Å²) in [5.41, 5.74) is 0.545. The normalized spacial score (nSPS) is 19.4. The third-order valence-corrected chi connectivity index (χ3v) is 3.93. The Bertz CT molecular complexity index is 813. The molecule has 110 valence electrons. The number of benzene rings is 1. The van der Waals surface area contributed by atoms with E-state index in [1.165, 1.54) is 30.5 Å². The molecule has 3 rings (SSSR count). The number of carbonyl (C=O) groups is 2. The molecule has 0 bridgehead atoms. The lowest BCUT2D eigenvalue weighted by molar-refractivity contribution is 0.0963. The zero-order valence-electron chi connectivity index (χ0n) is 10.9. The largest absolute Gasteiger partial charge is 0.290 e. The van der Waals surface area contributed by atoms with E-state index in [0.717, 1.165) is 0 Å². The van der Waals surface area contributed by atoms with Crippen LogP contribution in [0.5, 0.6) is 0 Å². The van der Waals surface area contributed by atoms with Gasteiger partial charge in [-0.15, -0.1) is 11.6 Å². The van der Waals surface area contributed by atoms with Crippen molar-refractivity contribution in [3.05, 3.63) is 57.8 Å². The van der Waals surface area contributed by atoms with E-state index in [2.05, 4.69) is 9.98 Å². The number of aliphatic imine (C=N–C) groups is 1. The summed E-state index contributed by atoms with van der Waals surface area (Å²) in [5, 5.41) is -0.447. The van der Waals surface area contributed by atoms with Gasteiger partial charge in [-0.05, 0) is 30.3 Å². The first-order valence-corrected chi connectivity index (χ1v) is 7.39.